The monoisotopic (exact) mass is 350 g/mol. The molecule has 116 valence electrons. The summed E-state index contributed by atoms with van der Waals surface area (Å²) in [7, 11) is 0. The molecule has 1 aliphatic carbocycles. The topological polar surface area (TPSA) is 0 Å². The second-order valence-corrected chi connectivity index (χ2v) is 7.63. The maximum Gasteiger partial charge on any atom is 0.0452 e. The Labute approximate surface area is 146 Å². The van der Waals surface area contributed by atoms with E-state index in [2.05, 4.69) is 24.5 Å². The van der Waals surface area contributed by atoms with Crippen LogP contribution in [0.4, 0.5) is 0 Å². The number of aryl methyl sites for hydroxylation is 2. The van der Waals surface area contributed by atoms with Crippen molar-refractivity contribution in [3.63, 3.8) is 0 Å². The van der Waals surface area contributed by atoms with Gasteiger partial charge in [0.15, 0.2) is 0 Å². The Morgan fingerprint density at radius 2 is 2.00 bits per heavy atom. The van der Waals surface area contributed by atoms with Crippen LogP contribution in [0.1, 0.15) is 53.7 Å². The van der Waals surface area contributed by atoms with Gasteiger partial charge in [0.05, 0.1) is 0 Å². The van der Waals surface area contributed by atoms with Crippen LogP contribution in [0.25, 0.3) is 6.08 Å². The van der Waals surface area contributed by atoms with Gasteiger partial charge in [-0.05, 0) is 72.2 Å². The van der Waals surface area contributed by atoms with E-state index in [0.29, 0.717) is 5.02 Å². The van der Waals surface area contributed by atoms with Crippen molar-refractivity contribution < 1.29 is 0 Å². The molecule has 0 amide bonds. The highest BCUT2D eigenvalue weighted by atomic mass is 35.5. The first-order valence-corrected chi connectivity index (χ1v) is 9.53. The molecule has 0 fully saturated rings. The van der Waals surface area contributed by atoms with Gasteiger partial charge < -0.3 is 0 Å². The van der Waals surface area contributed by atoms with Crippen molar-refractivity contribution in [1.82, 2.24) is 0 Å². The molecule has 1 unspecified atom stereocenters. The zero-order valence-corrected chi connectivity index (χ0v) is 15.1. The van der Waals surface area contributed by atoms with Gasteiger partial charge in [0.2, 0.25) is 0 Å². The predicted molar refractivity (Wildman–Crippen MR) is 99.5 cm³/mol. The highest BCUT2D eigenvalue weighted by molar-refractivity contribution is 7.10. The highest BCUT2D eigenvalue weighted by Gasteiger charge is 2.19. The molecule has 0 saturated carbocycles. The van der Waals surface area contributed by atoms with Crippen LogP contribution in [0.2, 0.25) is 10.0 Å². The fourth-order valence-corrected chi connectivity index (χ4v) is 4.92. The second kappa shape index (κ2) is 7.21. The molecular weight excluding hydrogens is 331 g/mol. The minimum atomic E-state index is 0.705. The molecule has 1 aliphatic rings. The molecule has 0 aliphatic heterocycles. The number of thiophene rings is 1. The number of fused-ring (bicyclic) bond motifs is 1. The average molecular weight is 351 g/mol. The molecule has 22 heavy (non-hydrogen) atoms. The largest absolute Gasteiger partial charge is 0.148 e. The minimum Gasteiger partial charge on any atom is -0.148 e. The number of rotatable bonds is 5. The Balaban J connectivity index is 1.66. The predicted octanol–water partition coefficient (Wildman–Crippen LogP) is 7.14. The molecule has 0 spiro atoms. The van der Waals surface area contributed by atoms with Crippen LogP contribution in [0, 0.1) is 0 Å². The molecule has 3 rings (SSSR count). The van der Waals surface area contributed by atoms with Gasteiger partial charge in [-0.3, -0.25) is 0 Å². The summed E-state index contributed by atoms with van der Waals surface area (Å²) in [6, 6.07) is 5.80. The Kier molecular flexibility index (Phi) is 5.28. The van der Waals surface area contributed by atoms with E-state index < -0.39 is 0 Å². The maximum atomic E-state index is 6.25. The molecule has 0 nitrogen and oxygen atoms in total. The Hall–Kier alpha value is -0.760. The molecule has 1 atom stereocenters. The lowest BCUT2D eigenvalue weighted by Gasteiger charge is -2.17. The molecule has 0 radical (unpaired) electrons. The first-order valence-electron chi connectivity index (χ1n) is 7.89. The van der Waals surface area contributed by atoms with Crippen molar-refractivity contribution in [2.45, 2.75) is 44.9 Å². The standard InChI is InChI=1S/C19H20Cl2S/c1-2-13-5-4-8-17-15(12-22-19(13)17)7-3-6-14-9-10-16(20)11-18(14)21/h4,8-13H,2-3,5-7H2,1H3. The lowest BCUT2D eigenvalue weighted by atomic mass is 9.90. The van der Waals surface area contributed by atoms with Gasteiger partial charge in [0.25, 0.3) is 0 Å². The van der Waals surface area contributed by atoms with Crippen LogP contribution < -0.4 is 0 Å². The molecule has 0 N–H and O–H groups in total. The van der Waals surface area contributed by atoms with Gasteiger partial charge in [-0.25, -0.2) is 0 Å². The fraction of sp³-hybridized carbons (Fsp3) is 0.368. The quantitative estimate of drug-likeness (QED) is 0.537. The van der Waals surface area contributed by atoms with Crippen LogP contribution in [-0.2, 0) is 12.8 Å². The smallest absolute Gasteiger partial charge is 0.0452 e. The molecule has 3 heteroatoms. The highest BCUT2D eigenvalue weighted by Crippen LogP contribution is 2.39. The van der Waals surface area contributed by atoms with E-state index in [1.165, 1.54) is 29.5 Å². The SMILES string of the molecule is CCC1CC=Cc2c(CCCc3ccc(Cl)cc3Cl)csc21. The Bertz CT molecular complexity index is 685. The molecule has 1 heterocycles. The van der Waals surface area contributed by atoms with Crippen molar-refractivity contribution >= 4 is 40.6 Å². The summed E-state index contributed by atoms with van der Waals surface area (Å²) in [6.07, 6.45) is 10.3. The summed E-state index contributed by atoms with van der Waals surface area (Å²) in [5, 5.41) is 3.84. The zero-order chi connectivity index (χ0) is 15.5. The van der Waals surface area contributed by atoms with Crippen molar-refractivity contribution in [2.24, 2.45) is 0 Å². The van der Waals surface area contributed by atoms with Gasteiger partial charge in [-0.15, -0.1) is 11.3 Å². The Morgan fingerprint density at radius 3 is 2.77 bits per heavy atom. The van der Waals surface area contributed by atoms with E-state index in [4.69, 9.17) is 23.2 Å². The third kappa shape index (κ3) is 3.42. The summed E-state index contributed by atoms with van der Waals surface area (Å²) in [5.74, 6) is 0.726. The van der Waals surface area contributed by atoms with Crippen molar-refractivity contribution in [2.75, 3.05) is 0 Å². The van der Waals surface area contributed by atoms with Crippen LogP contribution in [0.5, 0.6) is 0 Å². The molecule has 0 saturated heterocycles. The molecule has 0 bridgehead atoms. The van der Waals surface area contributed by atoms with Crippen molar-refractivity contribution in [3.8, 4) is 0 Å². The summed E-state index contributed by atoms with van der Waals surface area (Å²) >= 11 is 14.1. The normalized spacial score (nSPS) is 16.8. The first kappa shape index (κ1) is 16.1. The van der Waals surface area contributed by atoms with E-state index in [-0.39, 0.29) is 0 Å². The van der Waals surface area contributed by atoms with E-state index in [1.54, 1.807) is 4.88 Å². The molecule has 2 aromatic rings. The lowest BCUT2D eigenvalue weighted by molar-refractivity contribution is 0.679. The number of benzene rings is 1. The van der Waals surface area contributed by atoms with Gasteiger partial charge in [-0.2, -0.15) is 0 Å². The number of allylic oxidation sites excluding steroid dienone is 1. The van der Waals surface area contributed by atoms with Crippen molar-refractivity contribution in [3.05, 3.63) is 61.3 Å². The maximum absolute atomic E-state index is 6.25. The average Bonchev–Trinajstić information content (AvgIpc) is 2.93. The van der Waals surface area contributed by atoms with Gasteiger partial charge in [0, 0.05) is 14.9 Å². The summed E-state index contributed by atoms with van der Waals surface area (Å²) in [6.45, 7) is 2.29. The number of hydrogen-bond donors (Lipinski definition) is 0. The zero-order valence-electron chi connectivity index (χ0n) is 12.7. The van der Waals surface area contributed by atoms with Crippen LogP contribution in [0.3, 0.4) is 0 Å². The minimum absolute atomic E-state index is 0.705. The van der Waals surface area contributed by atoms with E-state index in [1.807, 2.05) is 29.5 Å². The molecular formula is C19H20Cl2S. The third-order valence-electron chi connectivity index (χ3n) is 4.42. The second-order valence-electron chi connectivity index (χ2n) is 5.87. The third-order valence-corrected chi connectivity index (χ3v) is 6.21. The van der Waals surface area contributed by atoms with Gasteiger partial charge >= 0.3 is 0 Å². The first-order chi connectivity index (χ1) is 10.7. The van der Waals surface area contributed by atoms with E-state index >= 15 is 0 Å². The van der Waals surface area contributed by atoms with Crippen LogP contribution in [0.15, 0.2) is 29.7 Å². The fourth-order valence-electron chi connectivity index (χ4n) is 3.12. The van der Waals surface area contributed by atoms with Crippen LogP contribution in [-0.4, -0.2) is 0 Å². The van der Waals surface area contributed by atoms with Crippen molar-refractivity contribution in [1.29, 1.82) is 0 Å². The molecule has 1 aromatic heterocycles. The van der Waals surface area contributed by atoms with Crippen LogP contribution >= 0.6 is 34.5 Å². The summed E-state index contributed by atoms with van der Waals surface area (Å²) in [5.41, 5.74) is 4.18. The van der Waals surface area contributed by atoms with E-state index in [0.717, 1.165) is 30.2 Å². The van der Waals surface area contributed by atoms with E-state index in [9.17, 15) is 0 Å². The number of hydrogen-bond acceptors (Lipinski definition) is 1. The lowest BCUT2D eigenvalue weighted by Crippen LogP contribution is -2.00. The summed E-state index contributed by atoms with van der Waals surface area (Å²) in [4.78, 5) is 1.59. The summed E-state index contributed by atoms with van der Waals surface area (Å²) < 4.78 is 0. The molecule has 1 aromatic carbocycles. The van der Waals surface area contributed by atoms with Gasteiger partial charge in [-0.1, -0.05) is 48.3 Å². The van der Waals surface area contributed by atoms with Gasteiger partial charge in [0.1, 0.15) is 0 Å². The Morgan fingerprint density at radius 1 is 1.18 bits per heavy atom. The number of halogens is 2.